The van der Waals surface area contributed by atoms with E-state index in [2.05, 4.69) is 16.0 Å². The predicted octanol–water partition coefficient (Wildman–Crippen LogP) is -1.84. The fraction of sp³-hybridized carbons (Fsp3) is 0.706. The molecule has 0 aromatic rings. The third-order valence-corrected chi connectivity index (χ3v) is 4.63. The number of hydrogen-bond donors (Lipinski definition) is 6. The Hall–Kier alpha value is -2.34. The Bertz CT molecular complexity index is 615. The lowest BCUT2D eigenvalue weighted by Gasteiger charge is -2.25. The van der Waals surface area contributed by atoms with E-state index in [1.807, 2.05) is 6.26 Å². The summed E-state index contributed by atoms with van der Waals surface area (Å²) in [4.78, 5) is 59.0. The van der Waals surface area contributed by atoms with Gasteiger partial charge >= 0.3 is 5.97 Å². The summed E-state index contributed by atoms with van der Waals surface area (Å²) in [5.41, 5.74) is 10.7. The van der Waals surface area contributed by atoms with Crippen molar-refractivity contribution in [1.82, 2.24) is 16.0 Å². The van der Waals surface area contributed by atoms with Gasteiger partial charge in [-0.15, -0.1) is 0 Å². The van der Waals surface area contributed by atoms with Crippen LogP contribution < -0.4 is 27.4 Å². The van der Waals surface area contributed by atoms with Crippen LogP contribution in [-0.4, -0.2) is 70.9 Å². The van der Waals surface area contributed by atoms with E-state index in [1.54, 1.807) is 25.6 Å². The molecule has 0 spiro atoms. The second-order valence-electron chi connectivity index (χ2n) is 6.92. The van der Waals surface area contributed by atoms with Crippen LogP contribution in [0.1, 0.15) is 33.6 Å². The zero-order valence-corrected chi connectivity index (χ0v) is 17.9. The molecule has 166 valence electrons. The van der Waals surface area contributed by atoms with E-state index in [9.17, 15) is 24.0 Å². The van der Waals surface area contributed by atoms with Crippen molar-refractivity contribution >= 4 is 41.4 Å². The number of nitrogens with two attached hydrogens (primary N) is 2. The van der Waals surface area contributed by atoms with E-state index in [0.717, 1.165) is 0 Å². The fourth-order valence-electron chi connectivity index (χ4n) is 2.24. The van der Waals surface area contributed by atoms with Crippen molar-refractivity contribution in [1.29, 1.82) is 0 Å². The van der Waals surface area contributed by atoms with Crippen LogP contribution in [0.3, 0.4) is 0 Å². The normalized spacial score (nSPS) is 15.0. The minimum atomic E-state index is -1.51. The van der Waals surface area contributed by atoms with E-state index < -0.39 is 66.1 Å². The first-order valence-corrected chi connectivity index (χ1v) is 10.5. The second kappa shape index (κ2) is 13.0. The van der Waals surface area contributed by atoms with Gasteiger partial charge in [-0.2, -0.15) is 11.8 Å². The topological polar surface area (TPSA) is 194 Å². The molecular formula is C17H31N5O6S. The number of carboxylic acids is 1. The lowest BCUT2D eigenvalue weighted by Crippen LogP contribution is -2.58. The van der Waals surface area contributed by atoms with Crippen molar-refractivity contribution < 1.29 is 29.1 Å². The summed E-state index contributed by atoms with van der Waals surface area (Å²) in [5, 5.41) is 16.3. The van der Waals surface area contributed by atoms with E-state index in [0.29, 0.717) is 12.2 Å². The minimum Gasteiger partial charge on any atom is -0.480 e. The molecule has 0 aromatic carbocycles. The number of carboxylic acid groups (broad SMARTS) is 1. The Kier molecular flexibility index (Phi) is 11.9. The SMILES string of the molecule is CSCCC(N)C(=O)NC(C)C(=O)NC(C(=O)NC(CC(N)=O)C(=O)O)C(C)C. The molecule has 0 saturated carbocycles. The van der Waals surface area contributed by atoms with Gasteiger partial charge in [-0.05, 0) is 31.3 Å². The zero-order valence-electron chi connectivity index (χ0n) is 17.1. The first-order valence-electron chi connectivity index (χ1n) is 9.07. The average Bonchev–Trinajstić information content (AvgIpc) is 2.62. The van der Waals surface area contributed by atoms with Crippen molar-refractivity contribution in [3.8, 4) is 0 Å². The van der Waals surface area contributed by atoms with Gasteiger partial charge in [0.25, 0.3) is 0 Å². The molecule has 29 heavy (non-hydrogen) atoms. The molecule has 8 N–H and O–H groups in total. The molecule has 0 aliphatic heterocycles. The number of hydrogen-bond acceptors (Lipinski definition) is 7. The maximum atomic E-state index is 12.4. The third-order valence-electron chi connectivity index (χ3n) is 3.99. The first-order chi connectivity index (χ1) is 13.4. The monoisotopic (exact) mass is 433 g/mol. The molecule has 4 unspecified atom stereocenters. The molecule has 0 aliphatic rings. The van der Waals surface area contributed by atoms with Gasteiger partial charge in [-0.25, -0.2) is 4.79 Å². The molecule has 0 aromatic heterocycles. The van der Waals surface area contributed by atoms with Gasteiger partial charge in [0, 0.05) is 0 Å². The van der Waals surface area contributed by atoms with Crippen molar-refractivity contribution in [2.24, 2.45) is 17.4 Å². The molecule has 11 nitrogen and oxygen atoms in total. The summed E-state index contributed by atoms with van der Waals surface area (Å²) in [7, 11) is 0. The number of carbonyl (C=O) groups excluding carboxylic acids is 4. The molecule has 4 amide bonds. The molecule has 12 heteroatoms. The molecule has 0 rings (SSSR count). The number of nitrogens with one attached hydrogen (secondary N) is 3. The standard InChI is InChI=1S/C17H31N5O6S/c1-8(2)13(16(26)21-11(17(27)28)7-12(19)23)22-14(24)9(3)20-15(25)10(18)5-6-29-4/h8-11,13H,5-7,18H2,1-4H3,(H2,19,23)(H,20,25)(H,21,26)(H,22,24)(H,27,28). The van der Waals surface area contributed by atoms with Crippen LogP contribution >= 0.6 is 11.8 Å². The quantitative estimate of drug-likeness (QED) is 0.195. The van der Waals surface area contributed by atoms with Crippen LogP contribution in [0, 0.1) is 5.92 Å². The molecule has 0 aliphatic carbocycles. The molecule has 0 saturated heterocycles. The van der Waals surface area contributed by atoms with Crippen LogP contribution in [0.15, 0.2) is 0 Å². The highest BCUT2D eigenvalue weighted by Gasteiger charge is 2.31. The van der Waals surface area contributed by atoms with E-state index in [1.165, 1.54) is 6.92 Å². The van der Waals surface area contributed by atoms with Gasteiger partial charge in [0.05, 0.1) is 12.5 Å². The Balaban J connectivity index is 4.98. The number of rotatable bonds is 13. The number of amides is 4. The summed E-state index contributed by atoms with van der Waals surface area (Å²) in [6.45, 7) is 4.74. The maximum absolute atomic E-state index is 12.4. The van der Waals surface area contributed by atoms with Crippen LogP contribution in [0.5, 0.6) is 0 Å². The highest BCUT2D eigenvalue weighted by atomic mass is 32.2. The predicted molar refractivity (Wildman–Crippen MR) is 109 cm³/mol. The Morgan fingerprint density at radius 3 is 2.00 bits per heavy atom. The largest absolute Gasteiger partial charge is 0.480 e. The summed E-state index contributed by atoms with van der Waals surface area (Å²) in [5.74, 6) is -3.92. The van der Waals surface area contributed by atoms with E-state index in [-0.39, 0.29) is 0 Å². The first kappa shape index (κ1) is 26.7. The summed E-state index contributed by atoms with van der Waals surface area (Å²) >= 11 is 1.54. The number of primary amides is 1. The Labute approximate surface area is 174 Å². The Morgan fingerprint density at radius 2 is 1.55 bits per heavy atom. The maximum Gasteiger partial charge on any atom is 0.326 e. The van der Waals surface area contributed by atoms with Gasteiger partial charge in [-0.3, -0.25) is 19.2 Å². The number of carbonyl (C=O) groups is 5. The minimum absolute atomic E-state index is 0.395. The van der Waals surface area contributed by atoms with E-state index >= 15 is 0 Å². The fourth-order valence-corrected chi connectivity index (χ4v) is 2.73. The van der Waals surface area contributed by atoms with Crippen molar-refractivity contribution in [3.05, 3.63) is 0 Å². The van der Waals surface area contributed by atoms with Gasteiger partial charge in [0.1, 0.15) is 18.1 Å². The van der Waals surface area contributed by atoms with Crippen molar-refractivity contribution in [2.45, 2.75) is 57.8 Å². The van der Waals surface area contributed by atoms with Gasteiger partial charge in [0.2, 0.25) is 23.6 Å². The second-order valence-corrected chi connectivity index (χ2v) is 7.90. The van der Waals surface area contributed by atoms with Gasteiger partial charge in [-0.1, -0.05) is 13.8 Å². The van der Waals surface area contributed by atoms with Gasteiger partial charge < -0.3 is 32.5 Å². The summed E-state index contributed by atoms with van der Waals surface area (Å²) in [6, 6.07) is -4.31. The van der Waals surface area contributed by atoms with Crippen molar-refractivity contribution in [2.75, 3.05) is 12.0 Å². The van der Waals surface area contributed by atoms with Crippen LogP contribution in [0.4, 0.5) is 0 Å². The number of thioether (sulfide) groups is 1. The summed E-state index contributed by atoms with van der Waals surface area (Å²) < 4.78 is 0. The molecule has 0 heterocycles. The highest BCUT2D eigenvalue weighted by molar-refractivity contribution is 7.98. The van der Waals surface area contributed by atoms with Crippen LogP contribution in [0.25, 0.3) is 0 Å². The lowest BCUT2D eigenvalue weighted by molar-refractivity contribution is -0.144. The summed E-state index contributed by atoms with van der Waals surface area (Å²) in [6.07, 6.45) is 1.76. The average molecular weight is 434 g/mol. The van der Waals surface area contributed by atoms with Crippen LogP contribution in [-0.2, 0) is 24.0 Å². The smallest absolute Gasteiger partial charge is 0.326 e. The van der Waals surface area contributed by atoms with Crippen molar-refractivity contribution in [3.63, 3.8) is 0 Å². The molecule has 0 radical (unpaired) electrons. The third kappa shape index (κ3) is 10.1. The highest BCUT2D eigenvalue weighted by Crippen LogP contribution is 2.05. The molecule has 4 atom stereocenters. The number of aliphatic carboxylic acids is 1. The van der Waals surface area contributed by atoms with Crippen LogP contribution in [0.2, 0.25) is 0 Å². The molecule has 0 bridgehead atoms. The molecular weight excluding hydrogens is 402 g/mol. The van der Waals surface area contributed by atoms with E-state index in [4.69, 9.17) is 16.6 Å². The Morgan fingerprint density at radius 1 is 0.966 bits per heavy atom. The zero-order chi connectivity index (χ0) is 22.7. The van der Waals surface area contributed by atoms with Gasteiger partial charge in [0.15, 0.2) is 0 Å². The molecule has 0 fully saturated rings. The lowest BCUT2D eigenvalue weighted by atomic mass is 10.0.